The van der Waals surface area contributed by atoms with Gasteiger partial charge in [-0.2, -0.15) is 0 Å². The van der Waals surface area contributed by atoms with Crippen molar-refractivity contribution in [2.75, 3.05) is 0 Å². The highest BCUT2D eigenvalue weighted by molar-refractivity contribution is 5.92. The van der Waals surface area contributed by atoms with E-state index in [1.807, 2.05) is 32.9 Å². The highest BCUT2D eigenvalue weighted by atomic mass is 19.2. The molecule has 0 atom stereocenters. The van der Waals surface area contributed by atoms with E-state index in [4.69, 9.17) is 6.42 Å². The summed E-state index contributed by atoms with van der Waals surface area (Å²) in [5, 5.41) is 1.26. The molecule has 0 nitrogen and oxygen atoms in total. The summed E-state index contributed by atoms with van der Waals surface area (Å²) in [6.07, 6.45) is 5.34. The number of hydrogen-bond donors (Lipinski definition) is 0. The molecule has 2 aromatic carbocycles. The van der Waals surface area contributed by atoms with Crippen LogP contribution in [0.25, 0.3) is 10.8 Å². The molecule has 0 saturated carbocycles. The van der Waals surface area contributed by atoms with Crippen LogP contribution in [0.5, 0.6) is 0 Å². The second kappa shape index (κ2) is 4.10. The summed E-state index contributed by atoms with van der Waals surface area (Å²) in [4.78, 5) is 0. The van der Waals surface area contributed by atoms with Crippen molar-refractivity contribution in [3.8, 4) is 12.3 Å². The van der Waals surface area contributed by atoms with E-state index in [1.54, 1.807) is 6.07 Å². The Morgan fingerprint density at radius 2 is 1.83 bits per heavy atom. The van der Waals surface area contributed by atoms with Crippen molar-refractivity contribution < 1.29 is 8.78 Å². The van der Waals surface area contributed by atoms with Gasteiger partial charge in [-0.15, -0.1) is 6.42 Å². The van der Waals surface area contributed by atoms with Crippen LogP contribution in [-0.4, -0.2) is 0 Å². The van der Waals surface area contributed by atoms with Crippen molar-refractivity contribution in [2.45, 2.75) is 26.2 Å². The first-order valence-corrected chi connectivity index (χ1v) is 5.74. The summed E-state index contributed by atoms with van der Waals surface area (Å²) in [7, 11) is 0. The summed E-state index contributed by atoms with van der Waals surface area (Å²) >= 11 is 0. The maximum Gasteiger partial charge on any atom is 0.175 e. The molecule has 2 heteroatoms. The van der Waals surface area contributed by atoms with Crippen molar-refractivity contribution >= 4 is 10.8 Å². The third kappa shape index (κ3) is 1.86. The van der Waals surface area contributed by atoms with Gasteiger partial charge >= 0.3 is 0 Å². The quantitative estimate of drug-likeness (QED) is 0.603. The summed E-state index contributed by atoms with van der Waals surface area (Å²) in [5.74, 6) is 0.432. The highest BCUT2D eigenvalue weighted by Gasteiger charge is 2.21. The molecular weight excluding hydrogens is 230 g/mol. The van der Waals surface area contributed by atoms with Crippen molar-refractivity contribution in [1.29, 1.82) is 0 Å². The molecule has 0 aliphatic rings. The number of benzene rings is 2. The van der Waals surface area contributed by atoms with Crippen molar-refractivity contribution in [2.24, 2.45) is 0 Å². The zero-order valence-electron chi connectivity index (χ0n) is 10.6. The molecule has 18 heavy (non-hydrogen) atoms. The van der Waals surface area contributed by atoms with Crippen molar-refractivity contribution in [3.05, 3.63) is 47.0 Å². The Morgan fingerprint density at radius 1 is 1.17 bits per heavy atom. The molecule has 2 aromatic rings. The van der Waals surface area contributed by atoms with Crippen LogP contribution in [0.2, 0.25) is 0 Å². The summed E-state index contributed by atoms with van der Waals surface area (Å²) in [5.41, 5.74) is 0.748. The summed E-state index contributed by atoms with van der Waals surface area (Å²) in [6.45, 7) is 6.05. The van der Waals surface area contributed by atoms with Crippen LogP contribution < -0.4 is 0 Å². The number of terminal acetylenes is 1. The van der Waals surface area contributed by atoms with E-state index in [9.17, 15) is 8.78 Å². The molecule has 92 valence electrons. The Labute approximate surface area is 106 Å². The molecular formula is C16H14F2. The predicted molar refractivity (Wildman–Crippen MR) is 70.5 cm³/mol. The van der Waals surface area contributed by atoms with Gasteiger partial charge in [-0.05, 0) is 22.4 Å². The fourth-order valence-electron chi connectivity index (χ4n) is 2.16. The van der Waals surface area contributed by atoms with Crippen molar-refractivity contribution in [3.63, 3.8) is 0 Å². The molecule has 0 bridgehead atoms. The number of fused-ring (bicyclic) bond motifs is 1. The smallest absolute Gasteiger partial charge is 0.175 e. The van der Waals surface area contributed by atoms with Crippen molar-refractivity contribution in [1.82, 2.24) is 0 Å². The molecule has 0 radical (unpaired) electrons. The molecule has 0 spiro atoms. The van der Waals surface area contributed by atoms with Gasteiger partial charge in [0.1, 0.15) is 0 Å². The fraction of sp³-hybridized carbons (Fsp3) is 0.250. The largest absolute Gasteiger partial charge is 0.204 e. The normalized spacial score (nSPS) is 11.6. The SMILES string of the molecule is C#Cc1c(F)c(F)cc2cccc(C(C)(C)C)c12. The van der Waals surface area contributed by atoms with E-state index < -0.39 is 11.6 Å². The van der Waals surface area contributed by atoms with E-state index in [-0.39, 0.29) is 11.0 Å². The van der Waals surface area contributed by atoms with E-state index in [2.05, 4.69) is 5.92 Å². The molecule has 0 N–H and O–H groups in total. The second-order valence-corrected chi connectivity index (χ2v) is 5.35. The number of hydrogen-bond acceptors (Lipinski definition) is 0. The molecule has 0 aromatic heterocycles. The van der Waals surface area contributed by atoms with Gasteiger partial charge in [-0.1, -0.05) is 44.9 Å². The van der Waals surface area contributed by atoms with Gasteiger partial charge < -0.3 is 0 Å². The molecule has 0 saturated heterocycles. The van der Waals surface area contributed by atoms with E-state index >= 15 is 0 Å². The van der Waals surface area contributed by atoms with Crippen LogP contribution in [0, 0.1) is 24.0 Å². The first-order chi connectivity index (χ1) is 8.36. The molecule has 0 fully saturated rings. The Balaban J connectivity index is 3.01. The maximum absolute atomic E-state index is 13.8. The fourth-order valence-corrected chi connectivity index (χ4v) is 2.16. The molecule has 2 rings (SSSR count). The minimum Gasteiger partial charge on any atom is -0.204 e. The zero-order valence-corrected chi connectivity index (χ0v) is 10.6. The van der Waals surface area contributed by atoms with E-state index in [0.29, 0.717) is 10.8 Å². The van der Waals surface area contributed by atoms with Gasteiger partial charge in [0.2, 0.25) is 0 Å². The van der Waals surface area contributed by atoms with Gasteiger partial charge in [-0.25, -0.2) is 8.78 Å². The lowest BCUT2D eigenvalue weighted by Gasteiger charge is -2.22. The lowest BCUT2D eigenvalue weighted by Crippen LogP contribution is -2.12. The molecule has 0 unspecified atom stereocenters. The summed E-state index contributed by atoms with van der Waals surface area (Å²) < 4.78 is 27.2. The predicted octanol–water partition coefficient (Wildman–Crippen LogP) is 4.40. The minimum absolute atomic E-state index is 0.00975. The monoisotopic (exact) mass is 244 g/mol. The second-order valence-electron chi connectivity index (χ2n) is 5.35. The van der Waals surface area contributed by atoms with Crippen LogP contribution in [0.1, 0.15) is 31.9 Å². The standard InChI is InChI=1S/C16H14F2/c1-5-11-14-10(9-13(17)15(11)18)7-6-8-12(14)16(2,3)4/h1,6-9H,2-4H3. The highest BCUT2D eigenvalue weighted by Crippen LogP contribution is 2.33. The molecule has 0 aliphatic heterocycles. The van der Waals surface area contributed by atoms with Crippen LogP contribution in [0.15, 0.2) is 24.3 Å². The van der Waals surface area contributed by atoms with E-state index in [1.165, 1.54) is 6.07 Å². The van der Waals surface area contributed by atoms with Crippen LogP contribution in [0.3, 0.4) is 0 Å². The van der Waals surface area contributed by atoms with Gasteiger partial charge in [-0.3, -0.25) is 0 Å². The average molecular weight is 244 g/mol. The van der Waals surface area contributed by atoms with Crippen LogP contribution >= 0.6 is 0 Å². The van der Waals surface area contributed by atoms with Crippen LogP contribution in [-0.2, 0) is 5.41 Å². The van der Waals surface area contributed by atoms with Gasteiger partial charge in [0, 0.05) is 5.39 Å². The Morgan fingerprint density at radius 3 is 2.39 bits per heavy atom. The van der Waals surface area contributed by atoms with Gasteiger partial charge in [0.15, 0.2) is 11.6 Å². The lowest BCUT2D eigenvalue weighted by molar-refractivity contribution is 0.508. The first kappa shape index (κ1) is 12.6. The number of halogens is 2. The van der Waals surface area contributed by atoms with Gasteiger partial charge in [0.05, 0.1) is 5.56 Å². The lowest BCUT2D eigenvalue weighted by atomic mass is 9.82. The third-order valence-corrected chi connectivity index (χ3v) is 3.01. The van der Waals surface area contributed by atoms with Gasteiger partial charge in [0.25, 0.3) is 0 Å². The Hall–Kier alpha value is -1.88. The topological polar surface area (TPSA) is 0 Å². The van der Waals surface area contributed by atoms with E-state index in [0.717, 1.165) is 5.56 Å². The first-order valence-electron chi connectivity index (χ1n) is 5.74. The minimum atomic E-state index is -0.943. The maximum atomic E-state index is 13.8. The Kier molecular flexibility index (Phi) is 2.86. The Bertz CT molecular complexity index is 655. The average Bonchev–Trinajstić information content (AvgIpc) is 2.29. The van der Waals surface area contributed by atoms with Crippen LogP contribution in [0.4, 0.5) is 8.78 Å². The molecule has 0 amide bonds. The summed E-state index contributed by atoms with van der Waals surface area (Å²) in [6, 6.07) is 6.68. The zero-order chi connectivity index (χ0) is 13.5. The molecule has 0 heterocycles. The molecule has 0 aliphatic carbocycles. The number of rotatable bonds is 0. The third-order valence-electron chi connectivity index (χ3n) is 3.01.